The highest BCUT2D eigenvalue weighted by Crippen LogP contribution is 2.21. The zero-order chi connectivity index (χ0) is 13.1. The van der Waals surface area contributed by atoms with Gasteiger partial charge in [0.15, 0.2) is 0 Å². The predicted octanol–water partition coefficient (Wildman–Crippen LogP) is 1.94. The first kappa shape index (κ1) is 13.2. The van der Waals surface area contributed by atoms with Gasteiger partial charge in [-0.1, -0.05) is 5.16 Å². The van der Waals surface area contributed by atoms with E-state index in [1.54, 1.807) is 0 Å². The molecule has 2 rings (SSSR count). The van der Waals surface area contributed by atoms with E-state index in [1.807, 2.05) is 0 Å². The van der Waals surface area contributed by atoms with Crippen molar-refractivity contribution in [3.63, 3.8) is 0 Å². The third kappa shape index (κ3) is 3.16. The second-order valence-electron chi connectivity index (χ2n) is 5.37. The monoisotopic (exact) mass is 251 g/mol. The van der Waals surface area contributed by atoms with E-state index in [-0.39, 0.29) is 11.6 Å². The normalized spacial score (nSPS) is 21.4. The summed E-state index contributed by atoms with van der Waals surface area (Å²) in [7, 11) is 0. The van der Waals surface area contributed by atoms with Crippen molar-refractivity contribution < 1.29 is 9.32 Å². The second kappa shape index (κ2) is 5.61. The molecule has 5 heteroatoms. The SMILES string of the molecule is CC(=O)c1noc(CC2CCCN(C(C)C)C2)n1. The molecule has 1 fully saturated rings. The van der Waals surface area contributed by atoms with E-state index in [9.17, 15) is 4.79 Å². The van der Waals surface area contributed by atoms with Crippen molar-refractivity contribution in [2.24, 2.45) is 5.92 Å². The van der Waals surface area contributed by atoms with E-state index < -0.39 is 0 Å². The smallest absolute Gasteiger partial charge is 0.238 e. The Morgan fingerprint density at radius 3 is 2.94 bits per heavy atom. The Kier molecular flexibility index (Phi) is 4.11. The van der Waals surface area contributed by atoms with Crippen LogP contribution in [-0.4, -0.2) is 40.0 Å². The molecule has 0 amide bonds. The fraction of sp³-hybridized carbons (Fsp3) is 0.769. The van der Waals surface area contributed by atoms with E-state index >= 15 is 0 Å². The molecule has 0 aliphatic carbocycles. The number of Topliss-reactive ketones (excluding diaryl/α,β-unsaturated/α-hetero) is 1. The van der Waals surface area contributed by atoms with Crippen molar-refractivity contribution in [3.05, 3.63) is 11.7 Å². The lowest BCUT2D eigenvalue weighted by Crippen LogP contribution is -2.40. The maximum Gasteiger partial charge on any atom is 0.238 e. The molecule has 5 nitrogen and oxygen atoms in total. The molecule has 0 saturated carbocycles. The van der Waals surface area contributed by atoms with Crippen LogP contribution < -0.4 is 0 Å². The summed E-state index contributed by atoms with van der Waals surface area (Å²) in [5, 5.41) is 3.69. The fourth-order valence-electron chi connectivity index (χ4n) is 2.46. The lowest BCUT2D eigenvalue weighted by molar-refractivity contribution is 0.100. The van der Waals surface area contributed by atoms with Crippen LogP contribution in [0, 0.1) is 5.92 Å². The molecule has 0 radical (unpaired) electrons. The van der Waals surface area contributed by atoms with Gasteiger partial charge in [0.05, 0.1) is 0 Å². The average molecular weight is 251 g/mol. The summed E-state index contributed by atoms with van der Waals surface area (Å²) >= 11 is 0. The standard InChI is InChI=1S/C13H21N3O2/c1-9(2)16-6-4-5-11(8-16)7-12-14-13(10(3)17)15-18-12/h9,11H,4-8H2,1-3H3. The van der Waals surface area contributed by atoms with Crippen molar-refractivity contribution in [2.45, 2.75) is 46.1 Å². The minimum absolute atomic E-state index is 0.141. The minimum Gasteiger partial charge on any atom is -0.339 e. The molecule has 0 spiro atoms. The van der Waals surface area contributed by atoms with E-state index in [0.29, 0.717) is 17.9 Å². The van der Waals surface area contributed by atoms with E-state index in [0.717, 1.165) is 13.0 Å². The van der Waals surface area contributed by atoms with Gasteiger partial charge in [-0.3, -0.25) is 4.79 Å². The first-order chi connectivity index (χ1) is 8.56. The van der Waals surface area contributed by atoms with Crippen LogP contribution in [0.4, 0.5) is 0 Å². The number of rotatable bonds is 4. The van der Waals surface area contributed by atoms with Gasteiger partial charge in [0, 0.05) is 25.9 Å². The molecular formula is C13H21N3O2. The molecule has 0 N–H and O–H groups in total. The molecule has 0 bridgehead atoms. The van der Waals surface area contributed by atoms with Gasteiger partial charge in [0.2, 0.25) is 17.5 Å². The van der Waals surface area contributed by atoms with Gasteiger partial charge in [-0.2, -0.15) is 4.98 Å². The number of likely N-dealkylation sites (tertiary alicyclic amines) is 1. The summed E-state index contributed by atoms with van der Waals surface area (Å²) in [6.45, 7) is 8.16. The zero-order valence-electron chi connectivity index (χ0n) is 11.3. The van der Waals surface area contributed by atoms with Crippen LogP contribution in [-0.2, 0) is 6.42 Å². The molecule has 2 heterocycles. The van der Waals surface area contributed by atoms with Crippen molar-refractivity contribution in [1.29, 1.82) is 0 Å². The summed E-state index contributed by atoms with van der Waals surface area (Å²) in [5.41, 5.74) is 0. The number of ketones is 1. The molecular weight excluding hydrogens is 230 g/mol. The van der Waals surface area contributed by atoms with Crippen LogP contribution in [0.25, 0.3) is 0 Å². The Hall–Kier alpha value is -1.23. The largest absolute Gasteiger partial charge is 0.339 e. The van der Waals surface area contributed by atoms with Gasteiger partial charge in [0.1, 0.15) is 0 Å². The Morgan fingerprint density at radius 2 is 2.33 bits per heavy atom. The number of aromatic nitrogens is 2. The molecule has 1 aliphatic heterocycles. The van der Waals surface area contributed by atoms with E-state index in [1.165, 1.54) is 26.3 Å². The van der Waals surface area contributed by atoms with Crippen LogP contribution in [0.3, 0.4) is 0 Å². The first-order valence-electron chi connectivity index (χ1n) is 6.64. The third-order valence-electron chi connectivity index (χ3n) is 3.53. The average Bonchev–Trinajstić information content (AvgIpc) is 2.78. The Balaban J connectivity index is 1.94. The number of carbonyl (C=O) groups excluding carboxylic acids is 1. The Morgan fingerprint density at radius 1 is 1.56 bits per heavy atom. The van der Waals surface area contributed by atoms with Gasteiger partial charge < -0.3 is 9.42 Å². The Bertz CT molecular complexity index is 414. The highest BCUT2D eigenvalue weighted by Gasteiger charge is 2.24. The Labute approximate surface area is 108 Å². The highest BCUT2D eigenvalue weighted by molar-refractivity contribution is 5.89. The van der Waals surface area contributed by atoms with Crippen molar-refractivity contribution in [3.8, 4) is 0 Å². The van der Waals surface area contributed by atoms with Crippen LogP contribution in [0.15, 0.2) is 4.52 Å². The number of piperidine rings is 1. The first-order valence-corrected chi connectivity index (χ1v) is 6.64. The molecule has 1 unspecified atom stereocenters. The summed E-state index contributed by atoms with van der Waals surface area (Å²) in [6.07, 6.45) is 3.20. The molecule has 1 aromatic heterocycles. The number of hydrogen-bond donors (Lipinski definition) is 0. The molecule has 1 aliphatic rings. The summed E-state index contributed by atoms with van der Waals surface area (Å²) in [6, 6.07) is 0.586. The van der Waals surface area contributed by atoms with Crippen molar-refractivity contribution in [1.82, 2.24) is 15.0 Å². The fourth-order valence-corrected chi connectivity index (χ4v) is 2.46. The third-order valence-corrected chi connectivity index (χ3v) is 3.53. The lowest BCUT2D eigenvalue weighted by atomic mass is 9.94. The van der Waals surface area contributed by atoms with Crippen LogP contribution in [0.1, 0.15) is 50.1 Å². The lowest BCUT2D eigenvalue weighted by Gasteiger charge is -2.34. The van der Waals surface area contributed by atoms with Gasteiger partial charge in [0.25, 0.3) is 0 Å². The van der Waals surface area contributed by atoms with Gasteiger partial charge in [-0.25, -0.2) is 0 Å². The quantitative estimate of drug-likeness (QED) is 0.765. The minimum atomic E-state index is -0.141. The van der Waals surface area contributed by atoms with Crippen molar-refractivity contribution in [2.75, 3.05) is 13.1 Å². The zero-order valence-corrected chi connectivity index (χ0v) is 11.3. The summed E-state index contributed by atoms with van der Waals surface area (Å²) < 4.78 is 5.12. The topological polar surface area (TPSA) is 59.2 Å². The maximum absolute atomic E-state index is 11.1. The molecule has 100 valence electrons. The second-order valence-corrected chi connectivity index (χ2v) is 5.37. The van der Waals surface area contributed by atoms with Crippen LogP contribution in [0.5, 0.6) is 0 Å². The molecule has 1 saturated heterocycles. The van der Waals surface area contributed by atoms with Crippen LogP contribution in [0.2, 0.25) is 0 Å². The van der Waals surface area contributed by atoms with E-state index in [4.69, 9.17) is 4.52 Å². The molecule has 1 aromatic rings. The van der Waals surface area contributed by atoms with Gasteiger partial charge >= 0.3 is 0 Å². The molecule has 1 atom stereocenters. The van der Waals surface area contributed by atoms with Gasteiger partial charge in [-0.15, -0.1) is 0 Å². The maximum atomic E-state index is 11.1. The molecule has 0 aromatic carbocycles. The van der Waals surface area contributed by atoms with Gasteiger partial charge in [-0.05, 0) is 39.2 Å². The van der Waals surface area contributed by atoms with Crippen LogP contribution >= 0.6 is 0 Å². The summed E-state index contributed by atoms with van der Waals surface area (Å²) in [5.74, 6) is 1.20. The highest BCUT2D eigenvalue weighted by atomic mass is 16.5. The van der Waals surface area contributed by atoms with Crippen molar-refractivity contribution >= 4 is 5.78 Å². The number of carbonyl (C=O) groups is 1. The predicted molar refractivity (Wildman–Crippen MR) is 67.4 cm³/mol. The number of hydrogen-bond acceptors (Lipinski definition) is 5. The number of nitrogens with zero attached hydrogens (tertiary/aromatic N) is 3. The summed E-state index contributed by atoms with van der Waals surface area (Å²) in [4.78, 5) is 17.7. The molecule has 18 heavy (non-hydrogen) atoms. The van der Waals surface area contributed by atoms with E-state index in [2.05, 4.69) is 28.9 Å².